The Morgan fingerprint density at radius 3 is 2.67 bits per heavy atom. The minimum absolute atomic E-state index is 0.507. The van der Waals surface area contributed by atoms with Crippen molar-refractivity contribution < 1.29 is 10.4 Å². The van der Waals surface area contributed by atoms with Crippen molar-refractivity contribution in [3.63, 3.8) is 0 Å². The molecular formula is C28H24NO+. The molecule has 0 N–H and O–H groups in total. The SMILES string of the molecule is [2H]c1ccc2c(oc3c(-c4cccc[n+]4C)c(C)ccc32)c1-c1ccc2c(c1)CCC2. The number of rotatable bonds is 2. The number of pyridine rings is 1. The summed E-state index contributed by atoms with van der Waals surface area (Å²) in [5.74, 6) is 0. The van der Waals surface area contributed by atoms with Crippen molar-refractivity contribution in [1.82, 2.24) is 0 Å². The zero-order valence-corrected chi connectivity index (χ0v) is 17.3. The summed E-state index contributed by atoms with van der Waals surface area (Å²) in [5, 5.41) is 2.17. The molecule has 1 aliphatic carbocycles. The molecule has 0 amide bonds. The first-order valence-corrected chi connectivity index (χ1v) is 10.6. The monoisotopic (exact) mass is 391 g/mol. The predicted octanol–water partition coefficient (Wildman–Crippen LogP) is 6.54. The first-order chi connectivity index (χ1) is 15.1. The third-order valence-corrected chi connectivity index (χ3v) is 6.51. The summed E-state index contributed by atoms with van der Waals surface area (Å²) in [4.78, 5) is 0. The highest BCUT2D eigenvalue weighted by atomic mass is 16.3. The Labute approximate surface area is 177 Å². The minimum atomic E-state index is 0.507. The third kappa shape index (κ3) is 2.53. The van der Waals surface area contributed by atoms with Gasteiger partial charge in [0, 0.05) is 28.5 Å². The fourth-order valence-corrected chi connectivity index (χ4v) is 4.95. The molecule has 30 heavy (non-hydrogen) atoms. The van der Waals surface area contributed by atoms with Gasteiger partial charge < -0.3 is 4.42 Å². The standard InChI is InChI=1S/C28H24NO/c1-18-12-15-24-23-10-6-9-22(21-14-13-19-7-5-8-20(19)17-21)27(23)30-28(24)26(18)25-11-3-4-16-29(25)2/h3-4,6,9-17H,5,7-8H2,1-2H3/q+1/i9D. The quantitative estimate of drug-likeness (QED) is 0.312. The number of benzene rings is 3. The van der Waals surface area contributed by atoms with Crippen LogP contribution in [0.4, 0.5) is 0 Å². The minimum Gasteiger partial charge on any atom is -0.454 e. The van der Waals surface area contributed by atoms with E-state index >= 15 is 0 Å². The summed E-state index contributed by atoms with van der Waals surface area (Å²) in [7, 11) is 2.06. The smallest absolute Gasteiger partial charge is 0.216 e. The second-order valence-corrected chi connectivity index (χ2v) is 8.37. The van der Waals surface area contributed by atoms with Gasteiger partial charge in [-0.1, -0.05) is 48.5 Å². The molecule has 0 saturated carbocycles. The highest BCUT2D eigenvalue weighted by Gasteiger charge is 2.21. The van der Waals surface area contributed by atoms with Crippen LogP contribution < -0.4 is 4.57 Å². The lowest BCUT2D eigenvalue weighted by atomic mass is 9.97. The van der Waals surface area contributed by atoms with Crippen LogP contribution in [0.5, 0.6) is 0 Å². The molecule has 0 atom stereocenters. The second-order valence-electron chi connectivity index (χ2n) is 8.37. The lowest BCUT2D eigenvalue weighted by Gasteiger charge is -2.06. The van der Waals surface area contributed by atoms with Crippen molar-refractivity contribution in [2.75, 3.05) is 0 Å². The van der Waals surface area contributed by atoms with Crippen molar-refractivity contribution in [2.24, 2.45) is 7.05 Å². The zero-order valence-electron chi connectivity index (χ0n) is 18.3. The Kier molecular flexibility index (Phi) is 3.59. The number of fused-ring (bicyclic) bond motifs is 4. The normalized spacial score (nSPS) is 13.7. The largest absolute Gasteiger partial charge is 0.454 e. The molecule has 0 bridgehead atoms. The highest BCUT2D eigenvalue weighted by molar-refractivity contribution is 6.13. The number of para-hydroxylation sites is 1. The van der Waals surface area contributed by atoms with Gasteiger partial charge in [-0.2, -0.15) is 0 Å². The van der Waals surface area contributed by atoms with E-state index < -0.39 is 0 Å². The molecule has 2 heteroatoms. The molecule has 2 aromatic heterocycles. The molecule has 2 nitrogen and oxygen atoms in total. The number of aryl methyl sites for hydroxylation is 4. The van der Waals surface area contributed by atoms with Gasteiger partial charge in [0.2, 0.25) is 5.69 Å². The van der Waals surface area contributed by atoms with E-state index in [1.165, 1.54) is 23.1 Å². The Morgan fingerprint density at radius 1 is 0.900 bits per heavy atom. The highest BCUT2D eigenvalue weighted by Crippen LogP contribution is 2.41. The predicted molar refractivity (Wildman–Crippen MR) is 123 cm³/mol. The zero-order chi connectivity index (χ0) is 21.1. The van der Waals surface area contributed by atoms with E-state index in [9.17, 15) is 0 Å². The molecule has 6 rings (SSSR count). The van der Waals surface area contributed by atoms with E-state index in [0.29, 0.717) is 6.04 Å². The first kappa shape index (κ1) is 16.4. The lowest BCUT2D eigenvalue weighted by molar-refractivity contribution is -0.660. The Hall–Kier alpha value is -3.39. The number of hydrogen-bond acceptors (Lipinski definition) is 1. The summed E-state index contributed by atoms with van der Waals surface area (Å²) in [6.45, 7) is 2.13. The summed E-state index contributed by atoms with van der Waals surface area (Å²) in [5.41, 5.74) is 9.95. The Morgan fingerprint density at radius 2 is 1.77 bits per heavy atom. The number of furan rings is 1. The van der Waals surface area contributed by atoms with E-state index in [2.05, 4.69) is 67.2 Å². The van der Waals surface area contributed by atoms with Crippen LogP contribution in [0.15, 0.2) is 77.3 Å². The molecule has 0 radical (unpaired) electrons. The molecule has 146 valence electrons. The van der Waals surface area contributed by atoms with Gasteiger partial charge in [-0.25, -0.2) is 4.57 Å². The van der Waals surface area contributed by atoms with Crippen LogP contribution in [-0.4, -0.2) is 0 Å². The maximum Gasteiger partial charge on any atom is 0.216 e. The van der Waals surface area contributed by atoms with Crippen LogP contribution in [0.3, 0.4) is 0 Å². The lowest BCUT2D eigenvalue weighted by Crippen LogP contribution is -2.30. The summed E-state index contributed by atoms with van der Waals surface area (Å²) in [6.07, 6.45) is 5.57. The van der Waals surface area contributed by atoms with Gasteiger partial charge in [0.15, 0.2) is 6.20 Å². The van der Waals surface area contributed by atoms with Gasteiger partial charge in [-0.15, -0.1) is 0 Å². The van der Waals surface area contributed by atoms with Gasteiger partial charge in [-0.05, 0) is 54.5 Å². The van der Waals surface area contributed by atoms with Gasteiger partial charge in [0.25, 0.3) is 0 Å². The van der Waals surface area contributed by atoms with Gasteiger partial charge >= 0.3 is 0 Å². The van der Waals surface area contributed by atoms with E-state index in [1.54, 1.807) is 0 Å². The fraction of sp³-hybridized carbons (Fsp3) is 0.179. The fourth-order valence-electron chi connectivity index (χ4n) is 4.95. The van der Waals surface area contributed by atoms with Crippen LogP contribution in [0.1, 0.15) is 24.5 Å². The molecule has 0 saturated heterocycles. The van der Waals surface area contributed by atoms with Gasteiger partial charge in [0.1, 0.15) is 18.2 Å². The van der Waals surface area contributed by atoms with Crippen molar-refractivity contribution in [1.29, 1.82) is 0 Å². The molecule has 0 spiro atoms. The molecule has 3 aromatic carbocycles. The van der Waals surface area contributed by atoms with Gasteiger partial charge in [-0.3, -0.25) is 0 Å². The van der Waals surface area contributed by atoms with Crippen LogP contribution in [0.2, 0.25) is 0 Å². The van der Waals surface area contributed by atoms with Gasteiger partial charge in [0.05, 0.1) is 6.93 Å². The Bertz CT molecular complexity index is 1490. The summed E-state index contributed by atoms with van der Waals surface area (Å²) < 4.78 is 17.4. The number of aromatic nitrogens is 1. The van der Waals surface area contributed by atoms with Crippen molar-refractivity contribution >= 4 is 21.9 Å². The number of hydrogen-bond donors (Lipinski definition) is 0. The van der Waals surface area contributed by atoms with Crippen molar-refractivity contribution in [3.8, 4) is 22.4 Å². The van der Waals surface area contributed by atoms with E-state index in [0.717, 1.165) is 57.2 Å². The topological polar surface area (TPSA) is 17.0 Å². The second kappa shape index (κ2) is 6.56. The molecular weight excluding hydrogens is 366 g/mol. The van der Waals surface area contributed by atoms with Crippen LogP contribution in [0, 0.1) is 6.92 Å². The summed E-state index contributed by atoms with van der Waals surface area (Å²) in [6, 6.07) is 21.7. The van der Waals surface area contributed by atoms with Crippen molar-refractivity contribution in [3.05, 3.63) is 89.6 Å². The van der Waals surface area contributed by atoms with Crippen LogP contribution >= 0.6 is 0 Å². The molecule has 0 unspecified atom stereocenters. The maximum atomic E-state index is 8.69. The third-order valence-electron chi connectivity index (χ3n) is 6.51. The van der Waals surface area contributed by atoms with E-state index in [1.807, 2.05) is 18.2 Å². The van der Waals surface area contributed by atoms with Crippen LogP contribution in [0.25, 0.3) is 44.3 Å². The summed E-state index contributed by atoms with van der Waals surface area (Å²) >= 11 is 0. The molecule has 0 aliphatic heterocycles. The maximum absolute atomic E-state index is 8.69. The Balaban J connectivity index is 1.68. The first-order valence-electron chi connectivity index (χ1n) is 11.1. The molecule has 5 aromatic rings. The van der Waals surface area contributed by atoms with E-state index in [4.69, 9.17) is 5.79 Å². The molecule has 0 fully saturated rings. The number of nitrogens with zero attached hydrogens (tertiary/aromatic N) is 1. The molecule has 1 aliphatic rings. The van der Waals surface area contributed by atoms with E-state index in [-0.39, 0.29) is 0 Å². The average molecular weight is 392 g/mol. The van der Waals surface area contributed by atoms with Crippen LogP contribution in [-0.2, 0) is 19.9 Å². The molecule has 2 heterocycles. The van der Waals surface area contributed by atoms with Crippen molar-refractivity contribution in [2.45, 2.75) is 26.2 Å². The average Bonchev–Trinajstić information content (AvgIpc) is 3.38.